The van der Waals surface area contributed by atoms with Gasteiger partial charge in [-0.15, -0.1) is 11.3 Å². The van der Waals surface area contributed by atoms with Gasteiger partial charge in [-0.3, -0.25) is 4.79 Å². The molecule has 0 aliphatic carbocycles. The molecule has 2 heterocycles. The second-order valence-corrected chi connectivity index (χ2v) is 8.80. The van der Waals surface area contributed by atoms with Gasteiger partial charge in [0.15, 0.2) is 0 Å². The van der Waals surface area contributed by atoms with Gasteiger partial charge in [0.2, 0.25) is 0 Å². The molecule has 0 N–H and O–H groups in total. The van der Waals surface area contributed by atoms with Crippen molar-refractivity contribution in [1.29, 1.82) is 0 Å². The number of nitrogens with zero attached hydrogens (tertiary/aromatic N) is 2. The van der Waals surface area contributed by atoms with Gasteiger partial charge < -0.3 is 4.90 Å². The molecule has 128 valence electrons. The van der Waals surface area contributed by atoms with Crippen LogP contribution in [0.15, 0.2) is 39.9 Å². The van der Waals surface area contributed by atoms with E-state index >= 15 is 0 Å². The summed E-state index contributed by atoms with van der Waals surface area (Å²) in [5.74, 6) is -1.12. The Morgan fingerprint density at radius 2 is 1.88 bits per heavy atom. The normalized spacial score (nSPS) is 16.3. The third-order valence-corrected chi connectivity index (χ3v) is 7.28. The number of hydrogen-bond acceptors (Lipinski definition) is 4. The Morgan fingerprint density at radius 1 is 1.17 bits per heavy atom. The quantitative estimate of drug-likeness (QED) is 0.812. The number of amides is 1. The van der Waals surface area contributed by atoms with Crippen LogP contribution in [0.1, 0.15) is 10.4 Å². The standard InChI is InChI=1S/C15H14ClFN2O3S2/c16-11-3-4-13(17)12(10-11)15(20)18-5-7-19(8-6-18)24(21,22)14-2-1-9-23-14/h1-4,9-10H,5-8H2. The maximum absolute atomic E-state index is 13.8. The number of piperazine rings is 1. The summed E-state index contributed by atoms with van der Waals surface area (Å²) in [6.45, 7) is 0.757. The van der Waals surface area contributed by atoms with Gasteiger partial charge in [-0.1, -0.05) is 17.7 Å². The highest BCUT2D eigenvalue weighted by Crippen LogP contribution is 2.23. The van der Waals surface area contributed by atoms with E-state index in [-0.39, 0.29) is 41.0 Å². The molecule has 1 amide bonds. The van der Waals surface area contributed by atoms with Crippen molar-refractivity contribution in [2.24, 2.45) is 0 Å². The van der Waals surface area contributed by atoms with Crippen molar-refractivity contribution in [3.8, 4) is 0 Å². The molecule has 1 aliphatic heterocycles. The van der Waals surface area contributed by atoms with Crippen LogP contribution in [-0.2, 0) is 10.0 Å². The number of sulfonamides is 1. The number of carbonyl (C=O) groups is 1. The minimum Gasteiger partial charge on any atom is -0.336 e. The molecule has 3 rings (SSSR count). The molecular formula is C15H14ClFN2O3S2. The van der Waals surface area contributed by atoms with Crippen LogP contribution in [0.3, 0.4) is 0 Å². The molecule has 0 radical (unpaired) electrons. The third-order valence-electron chi connectivity index (χ3n) is 3.77. The lowest BCUT2D eigenvalue weighted by Gasteiger charge is -2.33. The van der Waals surface area contributed by atoms with Crippen LogP contribution in [0.5, 0.6) is 0 Å². The summed E-state index contributed by atoms with van der Waals surface area (Å²) in [4.78, 5) is 13.9. The Hall–Kier alpha value is -1.48. The van der Waals surface area contributed by atoms with E-state index in [2.05, 4.69) is 0 Å². The van der Waals surface area contributed by atoms with Crippen LogP contribution in [0.2, 0.25) is 5.02 Å². The minimum atomic E-state index is -3.53. The molecular weight excluding hydrogens is 375 g/mol. The van der Waals surface area contributed by atoms with Crippen molar-refractivity contribution in [3.05, 3.63) is 52.1 Å². The zero-order valence-electron chi connectivity index (χ0n) is 12.5. The average molecular weight is 389 g/mol. The van der Waals surface area contributed by atoms with E-state index in [1.807, 2.05) is 0 Å². The number of thiophene rings is 1. The van der Waals surface area contributed by atoms with Gasteiger partial charge in [0, 0.05) is 31.2 Å². The van der Waals surface area contributed by atoms with E-state index in [4.69, 9.17) is 11.6 Å². The van der Waals surface area contributed by atoms with E-state index in [1.54, 1.807) is 17.5 Å². The summed E-state index contributed by atoms with van der Waals surface area (Å²) in [6.07, 6.45) is 0. The first kappa shape index (κ1) is 17.3. The van der Waals surface area contributed by atoms with E-state index in [0.717, 1.165) is 17.4 Å². The highest BCUT2D eigenvalue weighted by Gasteiger charge is 2.31. The Labute approximate surface area is 148 Å². The monoisotopic (exact) mass is 388 g/mol. The summed E-state index contributed by atoms with van der Waals surface area (Å²) >= 11 is 6.97. The summed E-state index contributed by atoms with van der Waals surface area (Å²) in [7, 11) is -3.53. The van der Waals surface area contributed by atoms with Crippen molar-refractivity contribution in [3.63, 3.8) is 0 Å². The molecule has 0 spiro atoms. The van der Waals surface area contributed by atoms with Crippen LogP contribution >= 0.6 is 22.9 Å². The first-order valence-electron chi connectivity index (χ1n) is 7.17. The zero-order chi connectivity index (χ0) is 17.3. The van der Waals surface area contributed by atoms with E-state index in [1.165, 1.54) is 21.3 Å². The SMILES string of the molecule is O=C(c1cc(Cl)ccc1F)N1CCN(S(=O)(=O)c2cccs2)CC1. The van der Waals surface area contributed by atoms with Crippen molar-refractivity contribution in [2.45, 2.75) is 4.21 Å². The van der Waals surface area contributed by atoms with Gasteiger partial charge in [-0.25, -0.2) is 12.8 Å². The highest BCUT2D eigenvalue weighted by atomic mass is 35.5. The average Bonchev–Trinajstić information content (AvgIpc) is 3.12. The van der Waals surface area contributed by atoms with Crippen molar-refractivity contribution < 1.29 is 17.6 Å². The molecule has 24 heavy (non-hydrogen) atoms. The van der Waals surface area contributed by atoms with Gasteiger partial charge >= 0.3 is 0 Å². The number of hydrogen-bond donors (Lipinski definition) is 0. The largest absolute Gasteiger partial charge is 0.336 e. The summed E-state index contributed by atoms with van der Waals surface area (Å²) < 4.78 is 40.3. The van der Waals surface area contributed by atoms with Crippen LogP contribution in [0, 0.1) is 5.82 Å². The van der Waals surface area contributed by atoms with Gasteiger partial charge in [0.1, 0.15) is 10.0 Å². The topological polar surface area (TPSA) is 57.7 Å². The fraction of sp³-hybridized carbons (Fsp3) is 0.267. The van der Waals surface area contributed by atoms with Crippen molar-refractivity contribution in [2.75, 3.05) is 26.2 Å². The Balaban J connectivity index is 1.71. The molecule has 1 fully saturated rings. The second kappa shape index (κ2) is 6.79. The molecule has 1 aliphatic rings. The molecule has 5 nitrogen and oxygen atoms in total. The first-order chi connectivity index (χ1) is 11.4. The Morgan fingerprint density at radius 3 is 2.50 bits per heavy atom. The van der Waals surface area contributed by atoms with Gasteiger partial charge in [0.25, 0.3) is 15.9 Å². The number of halogens is 2. The number of carbonyl (C=O) groups excluding carboxylic acids is 1. The van der Waals surface area contributed by atoms with Crippen molar-refractivity contribution in [1.82, 2.24) is 9.21 Å². The van der Waals surface area contributed by atoms with Gasteiger partial charge in [0.05, 0.1) is 5.56 Å². The summed E-state index contributed by atoms with van der Waals surface area (Å²) in [5, 5.41) is 1.98. The fourth-order valence-electron chi connectivity index (χ4n) is 2.50. The Kier molecular flexibility index (Phi) is 4.91. The molecule has 1 aromatic heterocycles. The van der Waals surface area contributed by atoms with Crippen LogP contribution in [0.4, 0.5) is 4.39 Å². The predicted octanol–water partition coefficient (Wildman–Crippen LogP) is 2.69. The van der Waals surface area contributed by atoms with Gasteiger partial charge in [-0.05, 0) is 29.6 Å². The molecule has 9 heteroatoms. The molecule has 0 saturated carbocycles. The molecule has 1 aromatic carbocycles. The number of rotatable bonds is 3. The van der Waals surface area contributed by atoms with Crippen LogP contribution in [-0.4, -0.2) is 49.7 Å². The van der Waals surface area contributed by atoms with E-state index in [0.29, 0.717) is 0 Å². The molecule has 0 unspecified atom stereocenters. The van der Waals surface area contributed by atoms with Crippen LogP contribution < -0.4 is 0 Å². The first-order valence-corrected chi connectivity index (χ1v) is 9.87. The predicted molar refractivity (Wildman–Crippen MR) is 90.4 cm³/mol. The summed E-state index contributed by atoms with van der Waals surface area (Å²) in [5.41, 5.74) is -0.0999. The second-order valence-electron chi connectivity index (χ2n) is 5.25. The minimum absolute atomic E-state index is 0.0999. The lowest BCUT2D eigenvalue weighted by molar-refractivity contribution is 0.0693. The lowest BCUT2D eigenvalue weighted by Crippen LogP contribution is -2.50. The number of benzene rings is 1. The smallest absolute Gasteiger partial charge is 0.256 e. The molecule has 0 atom stereocenters. The maximum Gasteiger partial charge on any atom is 0.256 e. The van der Waals surface area contributed by atoms with Gasteiger partial charge in [-0.2, -0.15) is 4.31 Å². The highest BCUT2D eigenvalue weighted by molar-refractivity contribution is 7.91. The molecule has 0 bridgehead atoms. The zero-order valence-corrected chi connectivity index (χ0v) is 14.9. The van der Waals surface area contributed by atoms with Crippen molar-refractivity contribution >= 4 is 38.9 Å². The Bertz CT molecular complexity index is 848. The van der Waals surface area contributed by atoms with E-state index < -0.39 is 21.7 Å². The molecule has 2 aromatic rings. The lowest BCUT2D eigenvalue weighted by atomic mass is 10.1. The fourth-order valence-corrected chi connectivity index (χ4v) is 5.24. The third kappa shape index (κ3) is 3.32. The molecule has 1 saturated heterocycles. The van der Waals surface area contributed by atoms with E-state index in [9.17, 15) is 17.6 Å². The summed E-state index contributed by atoms with van der Waals surface area (Å²) in [6, 6.07) is 7.04. The van der Waals surface area contributed by atoms with Crippen LogP contribution in [0.25, 0.3) is 0 Å². The maximum atomic E-state index is 13.8.